The van der Waals surface area contributed by atoms with Crippen molar-refractivity contribution in [1.82, 2.24) is 15.5 Å². The van der Waals surface area contributed by atoms with Gasteiger partial charge in [-0.05, 0) is 25.6 Å². The Kier molecular flexibility index (Phi) is 9.76. The molecule has 1 heterocycles. The van der Waals surface area contributed by atoms with Crippen molar-refractivity contribution >= 4 is 47.2 Å². The predicted octanol–water partition coefficient (Wildman–Crippen LogP) is 2.78. The van der Waals surface area contributed by atoms with Gasteiger partial charge in [-0.3, -0.25) is 4.99 Å². The Labute approximate surface area is 167 Å². The number of hydrogen-bond donors (Lipinski definition) is 2. The Morgan fingerprint density at radius 3 is 2.54 bits per heavy atom. The molecule has 24 heavy (non-hydrogen) atoms. The second kappa shape index (κ2) is 11.0. The number of nitrogens with one attached hydrogen (secondary N) is 2. The van der Waals surface area contributed by atoms with E-state index in [-0.39, 0.29) is 24.0 Å². The van der Waals surface area contributed by atoms with Crippen LogP contribution in [0.5, 0.6) is 0 Å². The van der Waals surface area contributed by atoms with Gasteiger partial charge in [-0.2, -0.15) is 0 Å². The molecule has 7 heteroatoms. The van der Waals surface area contributed by atoms with Gasteiger partial charge in [0.05, 0.1) is 0 Å². The van der Waals surface area contributed by atoms with E-state index in [0.29, 0.717) is 6.54 Å². The molecule has 1 aliphatic heterocycles. The number of anilines is 1. The van der Waals surface area contributed by atoms with E-state index in [0.717, 1.165) is 55.7 Å². The standard InChI is InChI=1S/C17H28ClN5.HI/c1-4-8-20-17(19-2)21-13-14-15(18)6-5-7-16(14)23-11-9-22(3)10-12-23;/h5-7H,4,8-13H2,1-3H3,(H2,19,20,21);1H. The van der Waals surface area contributed by atoms with Crippen molar-refractivity contribution in [2.75, 3.05) is 51.7 Å². The number of piperazine rings is 1. The van der Waals surface area contributed by atoms with Crippen molar-refractivity contribution in [3.8, 4) is 0 Å². The van der Waals surface area contributed by atoms with Crippen molar-refractivity contribution in [3.63, 3.8) is 0 Å². The number of hydrogen-bond acceptors (Lipinski definition) is 3. The summed E-state index contributed by atoms with van der Waals surface area (Å²) < 4.78 is 0. The third-order valence-electron chi connectivity index (χ3n) is 4.14. The Morgan fingerprint density at radius 2 is 1.92 bits per heavy atom. The van der Waals surface area contributed by atoms with E-state index in [1.807, 2.05) is 12.1 Å². The van der Waals surface area contributed by atoms with Gasteiger partial charge in [0.25, 0.3) is 0 Å². The molecule has 2 rings (SSSR count). The van der Waals surface area contributed by atoms with Crippen LogP contribution in [0.2, 0.25) is 5.02 Å². The summed E-state index contributed by atoms with van der Waals surface area (Å²) in [5, 5.41) is 7.46. The number of rotatable bonds is 5. The monoisotopic (exact) mass is 465 g/mol. The highest BCUT2D eigenvalue weighted by Crippen LogP contribution is 2.28. The van der Waals surface area contributed by atoms with E-state index in [4.69, 9.17) is 11.6 Å². The summed E-state index contributed by atoms with van der Waals surface area (Å²) in [5.41, 5.74) is 2.36. The first kappa shape index (κ1) is 21.3. The predicted molar refractivity (Wildman–Crippen MR) is 115 cm³/mol. The minimum atomic E-state index is 0. The lowest BCUT2D eigenvalue weighted by Crippen LogP contribution is -2.45. The smallest absolute Gasteiger partial charge is 0.191 e. The Balaban J connectivity index is 0.00000288. The number of aliphatic imine (C=N–C) groups is 1. The Morgan fingerprint density at radius 1 is 1.21 bits per heavy atom. The van der Waals surface area contributed by atoms with Crippen molar-refractivity contribution in [3.05, 3.63) is 28.8 Å². The van der Waals surface area contributed by atoms with E-state index in [1.165, 1.54) is 5.69 Å². The minimum absolute atomic E-state index is 0. The molecule has 0 atom stereocenters. The molecule has 2 N–H and O–H groups in total. The average Bonchev–Trinajstić information content (AvgIpc) is 2.57. The molecule has 0 aliphatic carbocycles. The van der Waals surface area contributed by atoms with E-state index in [9.17, 15) is 0 Å². The van der Waals surface area contributed by atoms with Crippen molar-refractivity contribution < 1.29 is 0 Å². The maximum atomic E-state index is 6.47. The zero-order valence-corrected chi connectivity index (χ0v) is 17.9. The van der Waals surface area contributed by atoms with Gasteiger partial charge in [-0.25, -0.2) is 0 Å². The highest BCUT2D eigenvalue weighted by Gasteiger charge is 2.18. The molecular weight excluding hydrogens is 437 g/mol. The summed E-state index contributed by atoms with van der Waals surface area (Å²) >= 11 is 6.47. The van der Waals surface area contributed by atoms with Crippen LogP contribution in [-0.4, -0.2) is 57.7 Å². The molecule has 1 fully saturated rings. The first-order chi connectivity index (χ1) is 11.2. The van der Waals surface area contributed by atoms with Crippen molar-refractivity contribution in [2.24, 2.45) is 4.99 Å². The van der Waals surface area contributed by atoms with E-state index in [2.05, 4.69) is 45.5 Å². The number of likely N-dealkylation sites (N-methyl/N-ethyl adjacent to an activating group) is 1. The van der Waals surface area contributed by atoms with Crippen molar-refractivity contribution in [1.29, 1.82) is 0 Å². The molecule has 0 aromatic heterocycles. The summed E-state index contributed by atoms with van der Waals surface area (Å²) in [6, 6.07) is 6.15. The largest absolute Gasteiger partial charge is 0.369 e. The van der Waals surface area contributed by atoms with Crippen LogP contribution >= 0.6 is 35.6 Å². The fourth-order valence-corrected chi connectivity index (χ4v) is 2.94. The normalized spacial score (nSPS) is 15.8. The summed E-state index contributed by atoms with van der Waals surface area (Å²) in [4.78, 5) is 9.03. The third-order valence-corrected chi connectivity index (χ3v) is 4.49. The van der Waals surface area contributed by atoms with E-state index >= 15 is 0 Å². The van der Waals surface area contributed by atoms with Gasteiger partial charge in [-0.1, -0.05) is 24.6 Å². The Bertz CT molecular complexity index is 530. The minimum Gasteiger partial charge on any atom is -0.369 e. The second-order valence-corrected chi connectivity index (χ2v) is 6.29. The van der Waals surface area contributed by atoms with Gasteiger partial charge >= 0.3 is 0 Å². The van der Waals surface area contributed by atoms with E-state index in [1.54, 1.807) is 7.05 Å². The van der Waals surface area contributed by atoms with Gasteiger partial charge in [-0.15, -0.1) is 24.0 Å². The van der Waals surface area contributed by atoms with Gasteiger partial charge in [0.2, 0.25) is 0 Å². The molecule has 0 spiro atoms. The molecule has 1 saturated heterocycles. The topological polar surface area (TPSA) is 42.9 Å². The number of guanidine groups is 1. The van der Waals surface area contributed by atoms with Crippen LogP contribution in [-0.2, 0) is 6.54 Å². The quantitative estimate of drug-likeness (QED) is 0.399. The van der Waals surface area contributed by atoms with Crippen LogP contribution < -0.4 is 15.5 Å². The Hall–Kier alpha value is -0.730. The van der Waals surface area contributed by atoms with Crippen LogP contribution in [0.1, 0.15) is 18.9 Å². The summed E-state index contributed by atoms with van der Waals surface area (Å²) in [6.45, 7) is 7.95. The molecule has 1 aliphatic rings. The zero-order chi connectivity index (χ0) is 16.7. The van der Waals surface area contributed by atoms with Crippen LogP contribution in [0.3, 0.4) is 0 Å². The van der Waals surface area contributed by atoms with Crippen LogP contribution in [0.25, 0.3) is 0 Å². The zero-order valence-electron chi connectivity index (χ0n) is 14.8. The molecule has 5 nitrogen and oxygen atoms in total. The molecule has 0 radical (unpaired) electrons. The van der Waals surface area contributed by atoms with Crippen LogP contribution in [0, 0.1) is 0 Å². The second-order valence-electron chi connectivity index (χ2n) is 5.88. The van der Waals surface area contributed by atoms with Gasteiger partial charge in [0.15, 0.2) is 5.96 Å². The lowest BCUT2D eigenvalue weighted by atomic mass is 10.1. The molecule has 0 unspecified atom stereocenters. The maximum absolute atomic E-state index is 6.47. The molecule has 0 bridgehead atoms. The SMILES string of the molecule is CCCNC(=NC)NCc1c(Cl)cccc1N1CCN(C)CC1.I. The summed E-state index contributed by atoms with van der Waals surface area (Å²) in [6.07, 6.45) is 1.07. The lowest BCUT2D eigenvalue weighted by Gasteiger charge is -2.35. The highest BCUT2D eigenvalue weighted by molar-refractivity contribution is 14.0. The summed E-state index contributed by atoms with van der Waals surface area (Å²) in [7, 11) is 3.96. The average molecular weight is 466 g/mol. The molecule has 1 aromatic carbocycles. The van der Waals surface area contributed by atoms with Crippen molar-refractivity contribution in [2.45, 2.75) is 19.9 Å². The highest BCUT2D eigenvalue weighted by atomic mass is 127. The third kappa shape index (κ3) is 5.97. The number of benzene rings is 1. The van der Waals surface area contributed by atoms with Crippen LogP contribution in [0.15, 0.2) is 23.2 Å². The molecular formula is C17H29ClIN5. The molecule has 0 amide bonds. The number of nitrogens with zero attached hydrogens (tertiary/aromatic N) is 3. The molecule has 1 aromatic rings. The lowest BCUT2D eigenvalue weighted by molar-refractivity contribution is 0.312. The maximum Gasteiger partial charge on any atom is 0.191 e. The van der Waals surface area contributed by atoms with Crippen LogP contribution in [0.4, 0.5) is 5.69 Å². The van der Waals surface area contributed by atoms with E-state index < -0.39 is 0 Å². The first-order valence-electron chi connectivity index (χ1n) is 8.31. The fourth-order valence-electron chi connectivity index (χ4n) is 2.70. The molecule has 136 valence electrons. The van der Waals surface area contributed by atoms with Gasteiger partial charge in [0, 0.05) is 62.6 Å². The summed E-state index contributed by atoms with van der Waals surface area (Å²) in [5.74, 6) is 0.816. The number of halogens is 2. The first-order valence-corrected chi connectivity index (χ1v) is 8.69. The van der Waals surface area contributed by atoms with Gasteiger partial charge < -0.3 is 20.4 Å². The fraction of sp³-hybridized carbons (Fsp3) is 0.588. The van der Waals surface area contributed by atoms with Gasteiger partial charge in [0.1, 0.15) is 0 Å². The molecule has 0 saturated carbocycles.